The first-order valence-corrected chi connectivity index (χ1v) is 4.39. The number of rotatable bonds is 2. The van der Waals surface area contributed by atoms with E-state index in [9.17, 15) is 0 Å². The Bertz CT molecular complexity index is 74.5. The highest BCUT2D eigenvalue weighted by molar-refractivity contribution is 8.00. The summed E-state index contributed by atoms with van der Waals surface area (Å²) in [6.45, 7) is 4.62. The second-order valence-corrected chi connectivity index (χ2v) is 4.59. The fourth-order valence-electron chi connectivity index (χ4n) is 1.17. The molecule has 8 heavy (non-hydrogen) atoms. The maximum absolute atomic E-state index is 2.38. The van der Waals surface area contributed by atoms with Crippen LogP contribution in [0.1, 0.15) is 33.1 Å². The maximum Gasteiger partial charge on any atom is 0.0131 e. The lowest BCUT2D eigenvalue weighted by molar-refractivity contribution is 0.392. The van der Waals surface area contributed by atoms with E-state index in [0.717, 1.165) is 0 Å². The van der Waals surface area contributed by atoms with E-state index >= 15 is 0 Å². The standard InChI is InChI=1S/C7H14S/c1-3-8-7(2)5-4-6-7/h3-6H2,1-2H3. The molecule has 1 aliphatic rings. The SMILES string of the molecule is CCSC1(C)CCC1. The first-order chi connectivity index (χ1) is 3.77. The monoisotopic (exact) mass is 130 g/mol. The normalized spacial score (nSPS) is 24.8. The molecule has 0 atom stereocenters. The molecule has 0 aromatic carbocycles. The summed E-state index contributed by atoms with van der Waals surface area (Å²) in [5.41, 5.74) is 0. The molecular formula is C7H14S. The average molecular weight is 130 g/mol. The molecule has 48 valence electrons. The van der Waals surface area contributed by atoms with E-state index < -0.39 is 0 Å². The molecule has 0 amide bonds. The molecule has 0 nitrogen and oxygen atoms in total. The van der Waals surface area contributed by atoms with Crippen LogP contribution in [0.3, 0.4) is 0 Å². The summed E-state index contributed by atoms with van der Waals surface area (Å²) < 4.78 is 0.689. The van der Waals surface area contributed by atoms with Gasteiger partial charge < -0.3 is 0 Å². The smallest absolute Gasteiger partial charge is 0.0131 e. The summed E-state index contributed by atoms with van der Waals surface area (Å²) in [4.78, 5) is 0. The van der Waals surface area contributed by atoms with Gasteiger partial charge in [-0.25, -0.2) is 0 Å². The quantitative estimate of drug-likeness (QED) is 0.554. The van der Waals surface area contributed by atoms with Crippen LogP contribution in [0.5, 0.6) is 0 Å². The van der Waals surface area contributed by atoms with Crippen LogP contribution in [0, 0.1) is 0 Å². The summed E-state index contributed by atoms with van der Waals surface area (Å²) in [6.07, 6.45) is 4.36. The van der Waals surface area contributed by atoms with E-state index in [4.69, 9.17) is 0 Å². The largest absolute Gasteiger partial charge is 0.156 e. The Morgan fingerprint density at radius 2 is 2.12 bits per heavy atom. The third kappa shape index (κ3) is 1.19. The van der Waals surface area contributed by atoms with Gasteiger partial charge in [0.25, 0.3) is 0 Å². The molecule has 0 heterocycles. The molecule has 1 saturated carbocycles. The molecule has 0 spiro atoms. The molecule has 0 radical (unpaired) electrons. The van der Waals surface area contributed by atoms with Gasteiger partial charge >= 0.3 is 0 Å². The fourth-order valence-corrected chi connectivity index (χ4v) is 2.44. The highest BCUT2D eigenvalue weighted by Crippen LogP contribution is 2.43. The average Bonchev–Trinajstić information content (AvgIpc) is 1.64. The highest BCUT2D eigenvalue weighted by Gasteiger charge is 2.30. The Hall–Kier alpha value is 0.350. The predicted octanol–water partition coefficient (Wildman–Crippen LogP) is 2.68. The van der Waals surface area contributed by atoms with Crippen LogP contribution < -0.4 is 0 Å². The summed E-state index contributed by atoms with van der Waals surface area (Å²) in [7, 11) is 0. The zero-order valence-electron chi connectivity index (χ0n) is 5.74. The molecule has 1 aliphatic carbocycles. The van der Waals surface area contributed by atoms with Crippen molar-refractivity contribution in [2.45, 2.75) is 37.9 Å². The van der Waals surface area contributed by atoms with Gasteiger partial charge in [-0.3, -0.25) is 0 Å². The number of hydrogen-bond acceptors (Lipinski definition) is 1. The molecule has 0 saturated heterocycles. The number of thioether (sulfide) groups is 1. The van der Waals surface area contributed by atoms with Crippen molar-refractivity contribution < 1.29 is 0 Å². The maximum atomic E-state index is 2.38. The van der Waals surface area contributed by atoms with Crippen molar-refractivity contribution in [1.29, 1.82) is 0 Å². The summed E-state index contributed by atoms with van der Waals surface area (Å²) >= 11 is 2.12. The van der Waals surface area contributed by atoms with Gasteiger partial charge in [0, 0.05) is 4.75 Å². The minimum Gasteiger partial charge on any atom is -0.156 e. The van der Waals surface area contributed by atoms with E-state index in [2.05, 4.69) is 25.6 Å². The van der Waals surface area contributed by atoms with Crippen molar-refractivity contribution in [3.8, 4) is 0 Å². The van der Waals surface area contributed by atoms with E-state index in [1.807, 2.05) is 0 Å². The van der Waals surface area contributed by atoms with Crippen molar-refractivity contribution in [3.63, 3.8) is 0 Å². The molecule has 0 aromatic rings. The van der Waals surface area contributed by atoms with Gasteiger partial charge in [-0.05, 0) is 18.6 Å². The van der Waals surface area contributed by atoms with Crippen LogP contribution in [-0.2, 0) is 0 Å². The van der Waals surface area contributed by atoms with Crippen LogP contribution >= 0.6 is 11.8 Å². The van der Waals surface area contributed by atoms with Gasteiger partial charge in [-0.15, -0.1) is 0 Å². The van der Waals surface area contributed by atoms with Crippen LogP contribution in [-0.4, -0.2) is 10.5 Å². The molecule has 1 rings (SSSR count). The third-order valence-electron chi connectivity index (χ3n) is 1.90. The van der Waals surface area contributed by atoms with E-state index in [1.165, 1.54) is 25.0 Å². The lowest BCUT2D eigenvalue weighted by atomic mass is 9.86. The molecule has 0 aliphatic heterocycles. The van der Waals surface area contributed by atoms with Gasteiger partial charge in [0.1, 0.15) is 0 Å². The Morgan fingerprint density at radius 3 is 2.25 bits per heavy atom. The molecule has 0 unspecified atom stereocenters. The molecule has 1 heteroatoms. The van der Waals surface area contributed by atoms with Gasteiger partial charge in [-0.1, -0.05) is 20.3 Å². The third-order valence-corrected chi connectivity index (χ3v) is 3.30. The van der Waals surface area contributed by atoms with Crippen molar-refractivity contribution in [1.82, 2.24) is 0 Å². The lowest BCUT2D eigenvalue weighted by Crippen LogP contribution is -2.29. The topological polar surface area (TPSA) is 0 Å². The highest BCUT2D eigenvalue weighted by atomic mass is 32.2. The second-order valence-electron chi connectivity index (χ2n) is 2.74. The molecule has 0 aromatic heterocycles. The van der Waals surface area contributed by atoms with Crippen LogP contribution in [0.2, 0.25) is 0 Å². The zero-order valence-corrected chi connectivity index (χ0v) is 6.55. The minimum absolute atomic E-state index is 0.689. The first-order valence-electron chi connectivity index (χ1n) is 3.41. The lowest BCUT2D eigenvalue weighted by Gasteiger charge is -2.37. The van der Waals surface area contributed by atoms with Gasteiger partial charge in [0.2, 0.25) is 0 Å². The Balaban J connectivity index is 2.20. The molecular weight excluding hydrogens is 116 g/mol. The Kier molecular flexibility index (Phi) is 1.86. The van der Waals surface area contributed by atoms with Crippen molar-refractivity contribution in [2.24, 2.45) is 0 Å². The predicted molar refractivity (Wildman–Crippen MR) is 40.4 cm³/mol. The first kappa shape index (κ1) is 6.47. The van der Waals surface area contributed by atoms with Crippen LogP contribution in [0.25, 0.3) is 0 Å². The minimum atomic E-state index is 0.689. The number of hydrogen-bond donors (Lipinski definition) is 0. The van der Waals surface area contributed by atoms with Crippen molar-refractivity contribution >= 4 is 11.8 Å². The Labute approximate surface area is 56.0 Å². The summed E-state index contributed by atoms with van der Waals surface area (Å²) in [6, 6.07) is 0. The van der Waals surface area contributed by atoms with E-state index in [0.29, 0.717) is 4.75 Å². The second kappa shape index (κ2) is 2.30. The Morgan fingerprint density at radius 1 is 1.50 bits per heavy atom. The molecule has 0 N–H and O–H groups in total. The van der Waals surface area contributed by atoms with Gasteiger partial charge in [0.15, 0.2) is 0 Å². The van der Waals surface area contributed by atoms with E-state index in [-0.39, 0.29) is 0 Å². The fraction of sp³-hybridized carbons (Fsp3) is 1.00. The zero-order chi connectivity index (χ0) is 6.04. The van der Waals surface area contributed by atoms with Crippen molar-refractivity contribution in [2.75, 3.05) is 5.75 Å². The van der Waals surface area contributed by atoms with Crippen LogP contribution in [0.15, 0.2) is 0 Å². The molecule has 1 fully saturated rings. The summed E-state index contributed by atoms with van der Waals surface area (Å²) in [5, 5.41) is 0. The van der Waals surface area contributed by atoms with Crippen LogP contribution in [0.4, 0.5) is 0 Å². The summed E-state index contributed by atoms with van der Waals surface area (Å²) in [5.74, 6) is 1.29. The van der Waals surface area contributed by atoms with Gasteiger partial charge in [-0.2, -0.15) is 11.8 Å². The van der Waals surface area contributed by atoms with E-state index in [1.54, 1.807) is 0 Å². The van der Waals surface area contributed by atoms with Gasteiger partial charge in [0.05, 0.1) is 0 Å². The van der Waals surface area contributed by atoms with Crippen molar-refractivity contribution in [3.05, 3.63) is 0 Å². The molecule has 0 bridgehead atoms.